The van der Waals surface area contributed by atoms with E-state index in [0.29, 0.717) is 12.0 Å². The van der Waals surface area contributed by atoms with Gasteiger partial charge < -0.3 is 18.9 Å². The first kappa shape index (κ1) is 16.9. The largest absolute Gasteiger partial charge is 0.469 e. The van der Waals surface area contributed by atoms with Crippen LogP contribution >= 0.6 is 0 Å². The predicted molar refractivity (Wildman–Crippen MR) is 84.2 cm³/mol. The Morgan fingerprint density at radius 1 is 1.17 bits per heavy atom. The zero-order valence-corrected chi connectivity index (χ0v) is 14.1. The minimum absolute atomic E-state index is 0.0993. The second kappa shape index (κ2) is 6.53. The highest BCUT2D eigenvalue weighted by atomic mass is 16.8. The molecule has 0 amide bonds. The van der Waals surface area contributed by atoms with E-state index in [9.17, 15) is 9.59 Å². The van der Waals surface area contributed by atoms with Crippen molar-refractivity contribution in [1.82, 2.24) is 0 Å². The number of rotatable bonds is 4. The van der Waals surface area contributed by atoms with Crippen LogP contribution < -0.4 is 0 Å². The molecule has 1 aromatic rings. The van der Waals surface area contributed by atoms with E-state index in [1.165, 1.54) is 7.11 Å². The van der Waals surface area contributed by atoms with Crippen LogP contribution in [0.15, 0.2) is 30.3 Å². The molecule has 6 heteroatoms. The predicted octanol–water partition coefficient (Wildman–Crippen LogP) is 2.32. The quantitative estimate of drug-likeness (QED) is 0.787. The third-order valence-electron chi connectivity index (χ3n) is 4.45. The van der Waals surface area contributed by atoms with Gasteiger partial charge in [0.15, 0.2) is 5.79 Å². The standard InChI is InChI=1S/C18H22O6/c1-18(2)23-15-12(10-14(19)21-3)9-13(16(15)24-18)22-17(20)11-7-5-4-6-8-11/h4-8,12-13,15-16H,9-10H2,1-3H3/t12-,13+,15+,16-/m1/s1. The number of hydrogen-bond donors (Lipinski definition) is 0. The van der Waals surface area contributed by atoms with Crippen LogP contribution in [0.3, 0.4) is 0 Å². The second-order valence-electron chi connectivity index (χ2n) is 6.65. The van der Waals surface area contributed by atoms with Gasteiger partial charge in [-0.2, -0.15) is 0 Å². The smallest absolute Gasteiger partial charge is 0.338 e. The van der Waals surface area contributed by atoms with Gasteiger partial charge in [0.1, 0.15) is 12.2 Å². The highest BCUT2D eigenvalue weighted by molar-refractivity contribution is 5.89. The lowest BCUT2D eigenvalue weighted by atomic mass is 10.0. The maximum Gasteiger partial charge on any atom is 0.338 e. The summed E-state index contributed by atoms with van der Waals surface area (Å²) in [6.07, 6.45) is -0.371. The van der Waals surface area contributed by atoms with Gasteiger partial charge in [-0.05, 0) is 32.4 Å². The Labute approximate surface area is 141 Å². The summed E-state index contributed by atoms with van der Waals surface area (Å²) in [4.78, 5) is 24.0. The van der Waals surface area contributed by atoms with Crippen LogP contribution in [0.1, 0.15) is 37.0 Å². The normalized spacial score (nSPS) is 30.6. The number of carbonyl (C=O) groups is 2. The summed E-state index contributed by atoms with van der Waals surface area (Å²) in [7, 11) is 1.36. The second-order valence-corrected chi connectivity index (χ2v) is 6.65. The van der Waals surface area contributed by atoms with Crippen LogP contribution in [0.25, 0.3) is 0 Å². The van der Waals surface area contributed by atoms with Gasteiger partial charge in [0, 0.05) is 5.92 Å². The summed E-state index contributed by atoms with van der Waals surface area (Å²) in [6, 6.07) is 8.82. The van der Waals surface area contributed by atoms with Crippen molar-refractivity contribution in [2.45, 2.75) is 50.8 Å². The molecular weight excluding hydrogens is 312 g/mol. The molecule has 2 fully saturated rings. The van der Waals surface area contributed by atoms with Gasteiger partial charge in [-0.15, -0.1) is 0 Å². The first-order valence-corrected chi connectivity index (χ1v) is 8.08. The van der Waals surface area contributed by atoms with Crippen molar-refractivity contribution in [2.24, 2.45) is 5.92 Å². The van der Waals surface area contributed by atoms with Crippen molar-refractivity contribution in [1.29, 1.82) is 0 Å². The molecule has 4 atom stereocenters. The summed E-state index contributed by atoms with van der Waals surface area (Å²) < 4.78 is 22.3. The fraction of sp³-hybridized carbons (Fsp3) is 0.556. The zero-order chi connectivity index (χ0) is 17.3. The van der Waals surface area contributed by atoms with Crippen molar-refractivity contribution in [3.8, 4) is 0 Å². The molecule has 1 aromatic carbocycles. The fourth-order valence-electron chi connectivity index (χ4n) is 3.43. The van der Waals surface area contributed by atoms with Crippen LogP contribution in [0, 0.1) is 5.92 Å². The maximum atomic E-state index is 12.3. The van der Waals surface area contributed by atoms with E-state index >= 15 is 0 Å². The first-order valence-electron chi connectivity index (χ1n) is 8.08. The maximum absolute atomic E-state index is 12.3. The molecule has 130 valence electrons. The number of hydrogen-bond acceptors (Lipinski definition) is 6. The Kier molecular flexibility index (Phi) is 4.60. The Bertz CT molecular complexity index is 611. The van der Waals surface area contributed by atoms with Crippen LogP contribution in [0.4, 0.5) is 0 Å². The van der Waals surface area contributed by atoms with Gasteiger partial charge in [-0.1, -0.05) is 18.2 Å². The molecule has 1 aliphatic heterocycles. The van der Waals surface area contributed by atoms with E-state index in [0.717, 1.165) is 0 Å². The molecule has 0 radical (unpaired) electrons. The van der Waals surface area contributed by atoms with E-state index in [4.69, 9.17) is 18.9 Å². The lowest BCUT2D eigenvalue weighted by Gasteiger charge is -2.23. The highest BCUT2D eigenvalue weighted by Gasteiger charge is 2.55. The molecule has 1 aliphatic carbocycles. The molecule has 0 spiro atoms. The van der Waals surface area contributed by atoms with Gasteiger partial charge in [0.2, 0.25) is 0 Å². The van der Waals surface area contributed by atoms with Gasteiger partial charge in [-0.3, -0.25) is 4.79 Å². The van der Waals surface area contributed by atoms with Gasteiger partial charge >= 0.3 is 11.9 Å². The molecule has 24 heavy (non-hydrogen) atoms. The molecular formula is C18H22O6. The molecule has 2 aliphatic rings. The summed E-state index contributed by atoms with van der Waals surface area (Å²) in [5.74, 6) is -1.56. The van der Waals surface area contributed by atoms with E-state index in [2.05, 4.69) is 0 Å². The van der Waals surface area contributed by atoms with Gasteiger partial charge in [0.05, 0.1) is 25.2 Å². The minimum Gasteiger partial charge on any atom is -0.469 e. The van der Waals surface area contributed by atoms with Gasteiger partial charge in [-0.25, -0.2) is 4.79 Å². The summed E-state index contributed by atoms with van der Waals surface area (Å²) in [5.41, 5.74) is 0.489. The fourth-order valence-corrected chi connectivity index (χ4v) is 3.43. The number of carbonyl (C=O) groups excluding carboxylic acids is 2. The van der Waals surface area contributed by atoms with Crippen LogP contribution in [-0.2, 0) is 23.7 Å². The zero-order valence-electron chi connectivity index (χ0n) is 14.1. The summed E-state index contributed by atoms with van der Waals surface area (Å²) in [6.45, 7) is 3.63. The molecule has 0 N–H and O–H groups in total. The third-order valence-corrected chi connectivity index (χ3v) is 4.45. The lowest BCUT2D eigenvalue weighted by Crippen LogP contribution is -2.32. The SMILES string of the molecule is COC(=O)C[C@H]1C[C@H](OC(=O)c2ccccc2)[C@H]2OC(C)(C)O[C@@H]12. The Morgan fingerprint density at radius 2 is 1.83 bits per heavy atom. The molecule has 6 nitrogen and oxygen atoms in total. The van der Waals surface area contributed by atoms with Crippen LogP contribution in [0.2, 0.25) is 0 Å². The van der Waals surface area contributed by atoms with Crippen molar-refractivity contribution < 1.29 is 28.5 Å². The number of esters is 2. The topological polar surface area (TPSA) is 71.1 Å². The van der Waals surface area contributed by atoms with E-state index in [1.807, 2.05) is 19.9 Å². The average Bonchev–Trinajstić information content (AvgIpc) is 3.03. The Balaban J connectivity index is 1.73. The van der Waals surface area contributed by atoms with E-state index < -0.39 is 17.9 Å². The van der Waals surface area contributed by atoms with Crippen LogP contribution in [-0.4, -0.2) is 43.1 Å². The Morgan fingerprint density at radius 3 is 2.50 bits per heavy atom. The van der Waals surface area contributed by atoms with Crippen molar-refractivity contribution in [2.75, 3.05) is 7.11 Å². The molecule has 0 aromatic heterocycles. The van der Waals surface area contributed by atoms with Gasteiger partial charge in [0.25, 0.3) is 0 Å². The number of methoxy groups -OCH3 is 1. The average molecular weight is 334 g/mol. The molecule has 1 saturated heterocycles. The number of benzene rings is 1. The third kappa shape index (κ3) is 3.44. The minimum atomic E-state index is -0.762. The van der Waals surface area contributed by atoms with Crippen molar-refractivity contribution in [3.63, 3.8) is 0 Å². The summed E-state index contributed by atoms with van der Waals surface area (Å²) >= 11 is 0. The van der Waals surface area contributed by atoms with Crippen LogP contribution in [0.5, 0.6) is 0 Å². The molecule has 0 unspecified atom stereocenters. The van der Waals surface area contributed by atoms with Crippen molar-refractivity contribution >= 4 is 11.9 Å². The molecule has 0 bridgehead atoms. The lowest BCUT2D eigenvalue weighted by molar-refractivity contribution is -0.169. The van der Waals surface area contributed by atoms with E-state index in [-0.39, 0.29) is 30.5 Å². The molecule has 1 saturated carbocycles. The monoisotopic (exact) mass is 334 g/mol. The number of ether oxygens (including phenoxy) is 4. The number of fused-ring (bicyclic) bond motifs is 1. The first-order chi connectivity index (χ1) is 11.4. The molecule has 3 rings (SSSR count). The Hall–Kier alpha value is -1.92. The summed E-state index contributed by atoms with van der Waals surface area (Å²) in [5, 5.41) is 0. The highest BCUT2D eigenvalue weighted by Crippen LogP contribution is 2.44. The molecule has 1 heterocycles. The van der Waals surface area contributed by atoms with Crippen molar-refractivity contribution in [3.05, 3.63) is 35.9 Å². The van der Waals surface area contributed by atoms with E-state index in [1.54, 1.807) is 24.3 Å².